The molecule has 0 bridgehead atoms. The zero-order valence-electron chi connectivity index (χ0n) is 5.92. The van der Waals surface area contributed by atoms with E-state index in [2.05, 4.69) is 4.52 Å². The number of carbonyl (C=O) groups excluding carboxylic acids is 1. The smallest absolute Gasteiger partial charge is 0.325 e. The lowest BCUT2D eigenvalue weighted by Crippen LogP contribution is -2.32. The van der Waals surface area contributed by atoms with Gasteiger partial charge in [-0.3, -0.25) is 9.69 Å². The van der Waals surface area contributed by atoms with Crippen LogP contribution in [0.2, 0.25) is 0 Å². The van der Waals surface area contributed by atoms with Gasteiger partial charge in [-0.25, -0.2) is 0 Å². The number of likely N-dealkylation sites (N-methyl/N-ethyl adjacent to an activating group) is 1. The van der Waals surface area contributed by atoms with Crippen molar-refractivity contribution in [1.29, 1.82) is 0 Å². The van der Waals surface area contributed by atoms with Gasteiger partial charge in [0.15, 0.2) is 0 Å². The van der Waals surface area contributed by atoms with Crippen LogP contribution in [0.5, 0.6) is 0 Å². The maximum Gasteiger partial charge on any atom is 0.325 e. The van der Waals surface area contributed by atoms with Gasteiger partial charge in [-0.05, 0) is 21.0 Å². The second-order valence-electron chi connectivity index (χ2n) is 2.08. The summed E-state index contributed by atoms with van der Waals surface area (Å²) >= 11 is 0. The summed E-state index contributed by atoms with van der Waals surface area (Å²) < 4.78 is 4.41. The Morgan fingerprint density at radius 3 is 2.22 bits per heavy atom. The number of hydrogen-bond donors (Lipinski definition) is 0. The van der Waals surface area contributed by atoms with E-state index in [1.807, 2.05) is 23.6 Å². The maximum atomic E-state index is 10.7. The van der Waals surface area contributed by atoms with Crippen molar-refractivity contribution >= 4 is 15.4 Å². The van der Waals surface area contributed by atoms with Gasteiger partial charge in [0.25, 0.3) is 0 Å². The molecular formula is C5H12NO2P. The van der Waals surface area contributed by atoms with E-state index in [9.17, 15) is 4.79 Å². The first-order chi connectivity index (χ1) is 4.09. The first-order valence-corrected chi connectivity index (χ1v) is 3.13. The Hall–Kier alpha value is -0.140. The highest BCUT2D eigenvalue weighted by Crippen LogP contribution is 1.97. The average molecular weight is 149 g/mol. The molecular weight excluding hydrogens is 137 g/mol. The molecule has 0 aliphatic heterocycles. The van der Waals surface area contributed by atoms with Gasteiger partial charge in [0, 0.05) is 0 Å². The molecule has 0 aromatic heterocycles. The summed E-state index contributed by atoms with van der Waals surface area (Å²) in [5.74, 6) is -0.231. The fourth-order valence-corrected chi connectivity index (χ4v) is 0.506. The first kappa shape index (κ1) is 8.86. The van der Waals surface area contributed by atoms with Crippen molar-refractivity contribution in [3.8, 4) is 0 Å². The third kappa shape index (κ3) is 2.78. The number of rotatable bonds is 2. The SMILES string of the molecule is CC(C(=O)OP)N(C)C. The molecule has 0 saturated carbocycles. The van der Waals surface area contributed by atoms with Crippen LogP contribution in [0.15, 0.2) is 0 Å². The normalized spacial score (nSPS) is 13.4. The van der Waals surface area contributed by atoms with Crippen LogP contribution < -0.4 is 0 Å². The Bertz CT molecular complexity index is 105. The monoisotopic (exact) mass is 149 g/mol. The van der Waals surface area contributed by atoms with Crippen molar-refractivity contribution in [2.45, 2.75) is 13.0 Å². The van der Waals surface area contributed by atoms with Gasteiger partial charge in [0.05, 0.1) is 9.47 Å². The predicted octanol–water partition coefficient (Wildman–Crippen LogP) is 0.270. The van der Waals surface area contributed by atoms with E-state index in [0.717, 1.165) is 0 Å². The van der Waals surface area contributed by atoms with E-state index in [-0.39, 0.29) is 12.0 Å². The Balaban J connectivity index is 3.72. The van der Waals surface area contributed by atoms with Crippen molar-refractivity contribution in [2.75, 3.05) is 14.1 Å². The quantitative estimate of drug-likeness (QED) is 0.528. The molecule has 0 aliphatic carbocycles. The molecule has 4 heteroatoms. The third-order valence-electron chi connectivity index (χ3n) is 1.23. The van der Waals surface area contributed by atoms with Crippen molar-refractivity contribution in [1.82, 2.24) is 4.90 Å². The van der Waals surface area contributed by atoms with Crippen molar-refractivity contribution in [3.63, 3.8) is 0 Å². The summed E-state index contributed by atoms with van der Waals surface area (Å²) in [5, 5.41) is 0. The van der Waals surface area contributed by atoms with Crippen LogP contribution in [0.25, 0.3) is 0 Å². The fraction of sp³-hybridized carbons (Fsp3) is 0.800. The number of nitrogens with zero attached hydrogens (tertiary/aromatic N) is 1. The van der Waals surface area contributed by atoms with Crippen LogP contribution in [0.3, 0.4) is 0 Å². The minimum Gasteiger partial charge on any atom is -0.450 e. The molecule has 9 heavy (non-hydrogen) atoms. The molecule has 0 aromatic rings. The van der Waals surface area contributed by atoms with Crippen molar-refractivity contribution in [3.05, 3.63) is 0 Å². The van der Waals surface area contributed by atoms with Crippen LogP contribution in [0.4, 0.5) is 0 Å². The number of hydrogen-bond acceptors (Lipinski definition) is 3. The summed E-state index contributed by atoms with van der Waals surface area (Å²) in [6.45, 7) is 1.78. The molecule has 0 fully saturated rings. The van der Waals surface area contributed by atoms with Gasteiger partial charge >= 0.3 is 5.97 Å². The van der Waals surface area contributed by atoms with Crippen LogP contribution in [0, 0.1) is 0 Å². The van der Waals surface area contributed by atoms with E-state index < -0.39 is 0 Å². The molecule has 0 rings (SSSR count). The molecule has 0 aromatic carbocycles. The van der Waals surface area contributed by atoms with Crippen molar-refractivity contribution in [2.24, 2.45) is 0 Å². The molecule has 0 heterocycles. The molecule has 0 N–H and O–H groups in total. The van der Waals surface area contributed by atoms with E-state index in [4.69, 9.17) is 0 Å². The van der Waals surface area contributed by atoms with Crippen molar-refractivity contribution < 1.29 is 9.32 Å². The average Bonchev–Trinajstić information content (AvgIpc) is 1.84. The maximum absolute atomic E-state index is 10.7. The molecule has 54 valence electrons. The zero-order chi connectivity index (χ0) is 7.44. The van der Waals surface area contributed by atoms with Crippen LogP contribution in [-0.4, -0.2) is 31.0 Å². The molecule has 2 unspecified atom stereocenters. The number of carbonyl (C=O) groups is 1. The molecule has 0 amide bonds. The standard InChI is InChI=1S/C5H12NO2P/c1-4(6(2)3)5(7)8-9/h4H,9H2,1-3H3. The largest absolute Gasteiger partial charge is 0.450 e. The minimum atomic E-state index is -0.231. The Kier molecular flexibility index (Phi) is 3.75. The molecule has 0 saturated heterocycles. The first-order valence-electron chi connectivity index (χ1n) is 2.66. The van der Waals surface area contributed by atoms with E-state index in [0.29, 0.717) is 0 Å². The van der Waals surface area contributed by atoms with Gasteiger partial charge < -0.3 is 4.52 Å². The second kappa shape index (κ2) is 3.80. The summed E-state index contributed by atoms with van der Waals surface area (Å²) in [5.41, 5.74) is 0. The molecule has 0 aliphatic rings. The van der Waals surface area contributed by atoms with Gasteiger partial charge in [0.2, 0.25) is 0 Å². The second-order valence-corrected chi connectivity index (χ2v) is 2.31. The summed E-state index contributed by atoms with van der Waals surface area (Å²) in [7, 11) is 5.58. The topological polar surface area (TPSA) is 29.5 Å². The summed E-state index contributed by atoms with van der Waals surface area (Å²) in [6, 6.07) is -0.164. The lowest BCUT2D eigenvalue weighted by molar-refractivity contribution is -0.137. The highest BCUT2D eigenvalue weighted by Gasteiger charge is 2.13. The minimum absolute atomic E-state index is 0.164. The van der Waals surface area contributed by atoms with E-state index in [1.165, 1.54) is 0 Å². The molecule has 0 spiro atoms. The van der Waals surface area contributed by atoms with Gasteiger partial charge in [-0.2, -0.15) is 0 Å². The fourth-order valence-electron chi connectivity index (χ4n) is 0.309. The highest BCUT2D eigenvalue weighted by atomic mass is 31.0. The molecule has 2 atom stereocenters. The highest BCUT2D eigenvalue weighted by molar-refractivity contribution is 7.10. The van der Waals surface area contributed by atoms with E-state index in [1.54, 1.807) is 11.8 Å². The zero-order valence-corrected chi connectivity index (χ0v) is 7.07. The van der Waals surface area contributed by atoms with Gasteiger partial charge in [-0.1, -0.05) is 0 Å². The van der Waals surface area contributed by atoms with E-state index >= 15 is 0 Å². The summed E-state index contributed by atoms with van der Waals surface area (Å²) in [6.07, 6.45) is 0. The Labute approximate surface area is 57.7 Å². The Morgan fingerprint density at radius 1 is 1.67 bits per heavy atom. The lowest BCUT2D eigenvalue weighted by atomic mass is 10.3. The lowest BCUT2D eigenvalue weighted by Gasteiger charge is -2.15. The molecule has 0 radical (unpaired) electrons. The van der Waals surface area contributed by atoms with Crippen LogP contribution in [0.1, 0.15) is 6.92 Å². The third-order valence-corrected chi connectivity index (χ3v) is 1.46. The van der Waals surface area contributed by atoms with Gasteiger partial charge in [0.1, 0.15) is 6.04 Å². The Morgan fingerprint density at radius 2 is 2.11 bits per heavy atom. The summed E-state index contributed by atoms with van der Waals surface area (Å²) in [4.78, 5) is 12.5. The van der Waals surface area contributed by atoms with Gasteiger partial charge in [-0.15, -0.1) is 0 Å². The van der Waals surface area contributed by atoms with Crippen LogP contribution >= 0.6 is 9.47 Å². The molecule has 3 nitrogen and oxygen atoms in total. The predicted molar refractivity (Wildman–Crippen MR) is 39.0 cm³/mol. The van der Waals surface area contributed by atoms with Crippen LogP contribution in [-0.2, 0) is 9.32 Å².